The van der Waals surface area contributed by atoms with Gasteiger partial charge in [0, 0.05) is 21.8 Å². The van der Waals surface area contributed by atoms with Crippen LogP contribution in [0.5, 0.6) is 5.75 Å². The highest BCUT2D eigenvalue weighted by Gasteiger charge is 2.23. The zero-order valence-electron chi connectivity index (χ0n) is 26.1. The average Bonchev–Trinajstić information content (AvgIpc) is 3.12. The second-order valence-corrected chi connectivity index (χ2v) is 12.1. The molecule has 0 radical (unpaired) electrons. The largest absolute Gasteiger partial charge is 0.497 e. The van der Waals surface area contributed by atoms with Crippen LogP contribution in [0.4, 0.5) is 11.4 Å². The van der Waals surface area contributed by atoms with E-state index in [0.29, 0.717) is 28.3 Å². The van der Waals surface area contributed by atoms with Crippen LogP contribution in [0.25, 0.3) is 6.08 Å². The Morgan fingerprint density at radius 1 is 0.776 bits per heavy atom. The predicted molar refractivity (Wildman–Crippen MR) is 192 cm³/mol. The molecule has 1 atom stereocenters. The third kappa shape index (κ3) is 9.38. The van der Waals surface area contributed by atoms with Crippen LogP contribution in [0, 0.1) is 0 Å². The van der Waals surface area contributed by atoms with E-state index in [1.54, 1.807) is 92.0 Å². The maximum atomic E-state index is 13.5. The van der Waals surface area contributed by atoms with Crippen molar-refractivity contribution in [3.05, 3.63) is 160 Å². The molecule has 0 aromatic heterocycles. The number of hydrogen-bond acceptors (Lipinski definition) is 6. The molecule has 5 aromatic rings. The highest BCUT2D eigenvalue weighted by Crippen LogP contribution is 2.37. The Hall–Kier alpha value is -5.84. The van der Waals surface area contributed by atoms with Crippen LogP contribution in [0.1, 0.15) is 37.1 Å². The number of methoxy groups -OCH3 is 1. The van der Waals surface area contributed by atoms with Crippen LogP contribution in [0.2, 0.25) is 5.02 Å². The minimum atomic E-state index is -1.20. The van der Waals surface area contributed by atoms with Gasteiger partial charge >= 0.3 is 5.97 Å². The SMILES string of the molecule is COc1cccc(/C=C(\NC(=O)c2ccccc2)C(=O)Nc2ccc(SC(C(=O)Nc3ccc(Cl)c(C(=O)O)c3)c3ccccc3)cc2)c1. The highest BCUT2D eigenvalue weighted by atomic mass is 35.5. The number of ether oxygens (including phenoxy) is 1. The van der Waals surface area contributed by atoms with Gasteiger partial charge in [-0.1, -0.05) is 72.3 Å². The van der Waals surface area contributed by atoms with Crippen molar-refractivity contribution in [2.45, 2.75) is 10.1 Å². The Morgan fingerprint density at radius 3 is 2.12 bits per heavy atom. The van der Waals surface area contributed by atoms with E-state index in [1.807, 2.05) is 30.3 Å². The Kier molecular flexibility index (Phi) is 11.5. The fourth-order valence-electron chi connectivity index (χ4n) is 4.67. The van der Waals surface area contributed by atoms with Gasteiger partial charge in [-0.25, -0.2) is 4.79 Å². The molecular weight excluding hydrogens is 662 g/mol. The minimum absolute atomic E-state index is 0.0228. The third-order valence-electron chi connectivity index (χ3n) is 7.10. The molecule has 0 aliphatic rings. The molecule has 5 rings (SSSR count). The lowest BCUT2D eigenvalue weighted by Gasteiger charge is -2.18. The lowest BCUT2D eigenvalue weighted by atomic mass is 10.1. The fraction of sp³-hybridized carbons (Fsp3) is 0.0526. The predicted octanol–water partition coefficient (Wildman–Crippen LogP) is 7.93. The maximum Gasteiger partial charge on any atom is 0.337 e. The monoisotopic (exact) mass is 691 g/mol. The number of carboxylic acids is 1. The molecule has 0 aliphatic heterocycles. The molecule has 0 spiro atoms. The molecular formula is C38H30ClN3O6S. The standard InChI is InChI=1S/C38H30ClN3O6S/c1-48-29-14-8-9-24(21-29)22-33(42-35(43)26-12-6-3-7-13-26)36(44)40-27-15-18-30(19-16-27)49-34(25-10-4-2-5-11-25)37(45)41-28-17-20-32(39)31(23-28)38(46)47/h2-23,34H,1H3,(H,40,44)(H,41,45)(H,42,43)(H,46,47)/b33-22-. The summed E-state index contributed by atoms with van der Waals surface area (Å²) in [5, 5.41) is 17.2. The molecule has 11 heteroatoms. The van der Waals surface area contributed by atoms with Crippen molar-refractivity contribution in [2.75, 3.05) is 17.7 Å². The first kappa shape index (κ1) is 34.5. The van der Waals surface area contributed by atoms with E-state index in [0.717, 1.165) is 10.5 Å². The zero-order chi connectivity index (χ0) is 34.8. The number of carboxylic acid groups (broad SMARTS) is 1. The normalized spacial score (nSPS) is 11.6. The van der Waals surface area contributed by atoms with Crippen molar-refractivity contribution in [1.29, 1.82) is 0 Å². The number of benzene rings is 5. The Bertz CT molecular complexity index is 2000. The number of thioether (sulfide) groups is 1. The van der Waals surface area contributed by atoms with Gasteiger partial charge in [0.25, 0.3) is 11.8 Å². The second kappa shape index (κ2) is 16.3. The van der Waals surface area contributed by atoms with Crippen molar-refractivity contribution in [3.63, 3.8) is 0 Å². The topological polar surface area (TPSA) is 134 Å². The smallest absolute Gasteiger partial charge is 0.337 e. The molecule has 9 nitrogen and oxygen atoms in total. The summed E-state index contributed by atoms with van der Waals surface area (Å²) >= 11 is 7.28. The van der Waals surface area contributed by atoms with Crippen molar-refractivity contribution < 1.29 is 29.0 Å². The number of halogens is 1. The number of anilines is 2. The molecule has 0 saturated carbocycles. The lowest BCUT2D eigenvalue weighted by Crippen LogP contribution is -2.30. The van der Waals surface area contributed by atoms with Gasteiger partial charge in [-0.3, -0.25) is 14.4 Å². The molecule has 5 aromatic carbocycles. The van der Waals surface area contributed by atoms with Gasteiger partial charge in [0.05, 0.1) is 17.7 Å². The summed E-state index contributed by atoms with van der Waals surface area (Å²) in [7, 11) is 1.54. The zero-order valence-corrected chi connectivity index (χ0v) is 27.6. The van der Waals surface area contributed by atoms with E-state index in [9.17, 15) is 24.3 Å². The number of carbonyl (C=O) groups is 4. The number of hydrogen-bond donors (Lipinski definition) is 4. The van der Waals surface area contributed by atoms with Gasteiger partial charge < -0.3 is 25.8 Å². The van der Waals surface area contributed by atoms with Gasteiger partial charge in [0.1, 0.15) is 16.7 Å². The molecule has 0 aliphatic carbocycles. The molecule has 3 amide bonds. The summed E-state index contributed by atoms with van der Waals surface area (Å²) in [5.41, 5.74) is 2.43. The Balaban J connectivity index is 1.34. The molecule has 49 heavy (non-hydrogen) atoms. The van der Waals surface area contributed by atoms with Gasteiger partial charge in [-0.2, -0.15) is 0 Å². The average molecular weight is 692 g/mol. The van der Waals surface area contributed by atoms with Gasteiger partial charge in [-0.15, -0.1) is 11.8 Å². The number of nitrogens with one attached hydrogen (secondary N) is 3. The second-order valence-electron chi connectivity index (χ2n) is 10.5. The molecule has 1 unspecified atom stereocenters. The van der Waals surface area contributed by atoms with E-state index in [2.05, 4.69) is 16.0 Å². The highest BCUT2D eigenvalue weighted by molar-refractivity contribution is 8.00. The summed E-state index contributed by atoms with van der Waals surface area (Å²) in [5.74, 6) is -1.97. The van der Waals surface area contributed by atoms with E-state index in [1.165, 1.54) is 30.0 Å². The first-order valence-corrected chi connectivity index (χ1v) is 16.1. The molecule has 246 valence electrons. The molecule has 4 N–H and O–H groups in total. The Labute approximate surface area is 292 Å². The van der Waals surface area contributed by atoms with Crippen LogP contribution < -0.4 is 20.7 Å². The molecule has 0 fully saturated rings. The molecule has 0 saturated heterocycles. The van der Waals surface area contributed by atoms with Crippen molar-refractivity contribution >= 4 is 64.5 Å². The fourth-order valence-corrected chi connectivity index (χ4v) is 5.89. The van der Waals surface area contributed by atoms with Crippen molar-refractivity contribution in [2.24, 2.45) is 0 Å². The van der Waals surface area contributed by atoms with Crippen LogP contribution in [0.3, 0.4) is 0 Å². The van der Waals surface area contributed by atoms with Crippen LogP contribution >= 0.6 is 23.4 Å². The quantitative estimate of drug-likeness (QED) is 0.0771. The third-order valence-corrected chi connectivity index (χ3v) is 8.70. The van der Waals surface area contributed by atoms with Crippen LogP contribution in [-0.4, -0.2) is 35.9 Å². The van der Waals surface area contributed by atoms with E-state index in [4.69, 9.17) is 16.3 Å². The molecule has 0 heterocycles. The van der Waals surface area contributed by atoms with Gasteiger partial charge in [0.15, 0.2) is 0 Å². The van der Waals surface area contributed by atoms with E-state index >= 15 is 0 Å². The van der Waals surface area contributed by atoms with Gasteiger partial charge in [0.2, 0.25) is 5.91 Å². The summed E-state index contributed by atoms with van der Waals surface area (Å²) in [4.78, 5) is 52.3. The van der Waals surface area contributed by atoms with Crippen molar-refractivity contribution in [3.8, 4) is 5.75 Å². The van der Waals surface area contributed by atoms with E-state index in [-0.39, 0.29) is 22.2 Å². The summed E-state index contributed by atoms with van der Waals surface area (Å²) in [6, 6.07) is 36.0. The first-order chi connectivity index (χ1) is 23.7. The van der Waals surface area contributed by atoms with Crippen LogP contribution in [0.15, 0.2) is 138 Å². The first-order valence-electron chi connectivity index (χ1n) is 14.9. The summed E-state index contributed by atoms with van der Waals surface area (Å²) < 4.78 is 5.30. The molecule has 0 bridgehead atoms. The van der Waals surface area contributed by atoms with Crippen LogP contribution in [-0.2, 0) is 9.59 Å². The number of rotatable bonds is 12. The number of aromatic carboxylic acids is 1. The summed E-state index contributed by atoms with van der Waals surface area (Å²) in [6.45, 7) is 0. The summed E-state index contributed by atoms with van der Waals surface area (Å²) in [6.07, 6.45) is 1.56. The number of amides is 3. The Morgan fingerprint density at radius 2 is 1.45 bits per heavy atom. The lowest BCUT2D eigenvalue weighted by molar-refractivity contribution is -0.116. The maximum absolute atomic E-state index is 13.5. The van der Waals surface area contributed by atoms with Gasteiger partial charge in [-0.05, 0) is 83.9 Å². The van der Waals surface area contributed by atoms with E-state index < -0.39 is 23.0 Å². The number of carbonyl (C=O) groups excluding carboxylic acids is 3. The van der Waals surface area contributed by atoms with Crippen molar-refractivity contribution in [1.82, 2.24) is 5.32 Å². The minimum Gasteiger partial charge on any atom is -0.497 e.